The van der Waals surface area contributed by atoms with Crippen molar-refractivity contribution in [1.82, 2.24) is 15.3 Å². The quantitative estimate of drug-likeness (QED) is 0.434. The van der Waals surface area contributed by atoms with Crippen LogP contribution >= 0.6 is 0 Å². The largest absolute Gasteiger partial charge is 0.349 e. The van der Waals surface area contributed by atoms with Crippen LogP contribution < -0.4 is 10.6 Å². The minimum Gasteiger partial charge on any atom is -0.349 e. The molecule has 178 valence electrons. The molecule has 0 aliphatic heterocycles. The molecule has 2 aliphatic carbocycles. The van der Waals surface area contributed by atoms with Crippen LogP contribution in [0.2, 0.25) is 0 Å². The fraction of sp³-hybridized carbons (Fsp3) is 0.464. The van der Waals surface area contributed by atoms with Crippen molar-refractivity contribution in [3.8, 4) is 11.4 Å². The second-order valence-electron chi connectivity index (χ2n) is 10.1. The zero-order valence-electron chi connectivity index (χ0n) is 19.9. The number of carbonyl (C=O) groups is 2. The average Bonchev–Trinajstić information content (AvgIpc) is 3.29. The summed E-state index contributed by atoms with van der Waals surface area (Å²) in [7, 11) is 0. The molecular formula is C28H34N4O2. The monoisotopic (exact) mass is 458 g/mol. The summed E-state index contributed by atoms with van der Waals surface area (Å²) in [6.07, 6.45) is 9.96. The van der Waals surface area contributed by atoms with Crippen LogP contribution in [0.4, 0.5) is 5.69 Å². The molecule has 2 aromatic carbocycles. The lowest BCUT2D eigenvalue weighted by molar-refractivity contribution is -0.120. The molecule has 5 rings (SSSR count). The number of aromatic amines is 1. The number of imidazole rings is 1. The number of nitrogens with one attached hydrogen (secondary N) is 3. The second-order valence-corrected chi connectivity index (χ2v) is 10.1. The van der Waals surface area contributed by atoms with E-state index >= 15 is 0 Å². The highest BCUT2D eigenvalue weighted by Crippen LogP contribution is 2.27. The van der Waals surface area contributed by atoms with Gasteiger partial charge in [-0.15, -0.1) is 0 Å². The number of fused-ring (bicyclic) bond motifs is 1. The first kappa shape index (κ1) is 22.6. The summed E-state index contributed by atoms with van der Waals surface area (Å²) in [5.74, 6) is 1.75. The zero-order valence-corrected chi connectivity index (χ0v) is 19.9. The van der Waals surface area contributed by atoms with E-state index < -0.39 is 0 Å². The molecular weight excluding hydrogens is 424 g/mol. The summed E-state index contributed by atoms with van der Waals surface area (Å²) in [5.41, 5.74) is 4.10. The summed E-state index contributed by atoms with van der Waals surface area (Å²) in [4.78, 5) is 33.3. The van der Waals surface area contributed by atoms with E-state index in [1.807, 2.05) is 42.5 Å². The fourth-order valence-electron chi connectivity index (χ4n) is 5.28. The van der Waals surface area contributed by atoms with Crippen molar-refractivity contribution in [3.05, 3.63) is 48.0 Å². The Balaban J connectivity index is 1.24. The Morgan fingerprint density at radius 2 is 1.65 bits per heavy atom. The van der Waals surface area contributed by atoms with E-state index in [1.165, 1.54) is 19.3 Å². The molecule has 2 amide bonds. The first-order valence-electron chi connectivity index (χ1n) is 12.8. The van der Waals surface area contributed by atoms with E-state index in [9.17, 15) is 9.59 Å². The second kappa shape index (κ2) is 10.00. The van der Waals surface area contributed by atoms with Crippen LogP contribution in [0.25, 0.3) is 22.4 Å². The van der Waals surface area contributed by atoms with Gasteiger partial charge in [0.1, 0.15) is 5.82 Å². The molecule has 1 heterocycles. The maximum absolute atomic E-state index is 12.7. The topological polar surface area (TPSA) is 86.9 Å². The summed E-state index contributed by atoms with van der Waals surface area (Å²) in [6.45, 7) is 2.28. The van der Waals surface area contributed by atoms with Gasteiger partial charge in [0.25, 0.3) is 5.91 Å². The van der Waals surface area contributed by atoms with Gasteiger partial charge in [-0.25, -0.2) is 4.98 Å². The Morgan fingerprint density at radius 1 is 0.912 bits per heavy atom. The molecule has 2 saturated carbocycles. The van der Waals surface area contributed by atoms with Crippen molar-refractivity contribution < 1.29 is 9.59 Å². The predicted octanol–water partition coefficient (Wildman–Crippen LogP) is 6.06. The molecule has 6 nitrogen and oxygen atoms in total. The van der Waals surface area contributed by atoms with Gasteiger partial charge in [0.15, 0.2) is 0 Å². The molecule has 34 heavy (non-hydrogen) atoms. The molecule has 3 aromatic rings. The van der Waals surface area contributed by atoms with E-state index in [2.05, 4.69) is 22.5 Å². The van der Waals surface area contributed by atoms with Crippen molar-refractivity contribution in [1.29, 1.82) is 0 Å². The Hall–Kier alpha value is -3.15. The van der Waals surface area contributed by atoms with E-state index in [0.29, 0.717) is 5.56 Å². The van der Waals surface area contributed by atoms with Gasteiger partial charge in [-0.05, 0) is 74.8 Å². The number of carbonyl (C=O) groups excluding carboxylic acids is 2. The van der Waals surface area contributed by atoms with Gasteiger partial charge in [0, 0.05) is 28.8 Å². The van der Waals surface area contributed by atoms with E-state index in [0.717, 1.165) is 72.6 Å². The first-order chi connectivity index (χ1) is 16.5. The Labute approximate surface area is 200 Å². The smallest absolute Gasteiger partial charge is 0.251 e. The molecule has 0 unspecified atom stereocenters. The lowest BCUT2D eigenvalue weighted by Crippen LogP contribution is -2.37. The van der Waals surface area contributed by atoms with Crippen LogP contribution in [0.3, 0.4) is 0 Å². The van der Waals surface area contributed by atoms with Gasteiger partial charge in [0.2, 0.25) is 5.91 Å². The fourth-order valence-corrected chi connectivity index (χ4v) is 5.28. The lowest BCUT2D eigenvalue weighted by atomic mass is 9.87. The van der Waals surface area contributed by atoms with Crippen molar-refractivity contribution in [2.45, 2.75) is 70.8 Å². The van der Waals surface area contributed by atoms with Gasteiger partial charge >= 0.3 is 0 Å². The minimum absolute atomic E-state index is 0.00550. The maximum atomic E-state index is 12.7. The molecule has 0 saturated heterocycles. The third-order valence-corrected chi connectivity index (χ3v) is 7.50. The third kappa shape index (κ3) is 5.16. The maximum Gasteiger partial charge on any atom is 0.251 e. The van der Waals surface area contributed by atoms with Crippen LogP contribution in [-0.2, 0) is 4.79 Å². The van der Waals surface area contributed by atoms with Gasteiger partial charge in [-0.3, -0.25) is 9.59 Å². The highest BCUT2D eigenvalue weighted by atomic mass is 16.2. The number of rotatable bonds is 5. The Morgan fingerprint density at radius 3 is 2.38 bits per heavy atom. The molecule has 6 heteroatoms. The SMILES string of the molecule is CC1CCC(NC(=O)c2ccc(-c3nc4cc(NC(=O)C5CCCCC5)ccc4[nH]3)cc2)CC1. The van der Waals surface area contributed by atoms with E-state index in [4.69, 9.17) is 4.98 Å². The number of nitrogens with zero attached hydrogens (tertiary/aromatic N) is 1. The molecule has 0 spiro atoms. The number of anilines is 1. The number of benzene rings is 2. The van der Waals surface area contributed by atoms with Crippen LogP contribution in [-0.4, -0.2) is 27.8 Å². The molecule has 1 aromatic heterocycles. The predicted molar refractivity (Wildman–Crippen MR) is 136 cm³/mol. The highest BCUT2D eigenvalue weighted by Gasteiger charge is 2.22. The van der Waals surface area contributed by atoms with Crippen molar-refractivity contribution in [2.24, 2.45) is 11.8 Å². The van der Waals surface area contributed by atoms with E-state index in [1.54, 1.807) is 0 Å². The summed E-state index contributed by atoms with van der Waals surface area (Å²) >= 11 is 0. The van der Waals surface area contributed by atoms with Gasteiger partial charge < -0.3 is 15.6 Å². The number of aromatic nitrogens is 2. The van der Waals surface area contributed by atoms with Crippen LogP contribution in [0, 0.1) is 11.8 Å². The standard InChI is InChI=1S/C28H34N4O2/c1-18-7-13-22(14-8-18)29-28(34)21-11-9-19(10-12-21)26-31-24-16-15-23(17-25(24)32-26)30-27(33)20-5-3-2-4-6-20/h9-12,15-18,20,22H,2-8,13-14H2,1H3,(H,29,34)(H,30,33)(H,31,32). The highest BCUT2D eigenvalue weighted by molar-refractivity contribution is 5.96. The normalized spacial score (nSPS) is 21.3. The number of H-pyrrole nitrogens is 1. The van der Waals surface area contributed by atoms with Gasteiger partial charge in [-0.2, -0.15) is 0 Å². The average molecular weight is 459 g/mol. The molecule has 2 aliphatic rings. The van der Waals surface area contributed by atoms with Crippen molar-refractivity contribution in [3.63, 3.8) is 0 Å². The van der Waals surface area contributed by atoms with E-state index in [-0.39, 0.29) is 23.8 Å². The Bertz CT molecular complexity index is 1150. The van der Waals surface area contributed by atoms with Crippen LogP contribution in [0.1, 0.15) is 75.1 Å². The zero-order chi connectivity index (χ0) is 23.5. The number of hydrogen-bond donors (Lipinski definition) is 3. The van der Waals surface area contributed by atoms with Crippen LogP contribution in [0.5, 0.6) is 0 Å². The number of hydrogen-bond acceptors (Lipinski definition) is 3. The molecule has 0 bridgehead atoms. The van der Waals surface area contributed by atoms with Crippen LogP contribution in [0.15, 0.2) is 42.5 Å². The first-order valence-corrected chi connectivity index (χ1v) is 12.8. The third-order valence-electron chi connectivity index (χ3n) is 7.50. The summed E-state index contributed by atoms with van der Waals surface area (Å²) in [6, 6.07) is 13.7. The lowest BCUT2D eigenvalue weighted by Gasteiger charge is -2.26. The van der Waals surface area contributed by atoms with Crippen molar-refractivity contribution >= 4 is 28.5 Å². The molecule has 3 N–H and O–H groups in total. The minimum atomic E-state index is -0.00550. The van der Waals surface area contributed by atoms with Gasteiger partial charge in [-0.1, -0.05) is 38.3 Å². The Kier molecular flexibility index (Phi) is 6.66. The summed E-state index contributed by atoms with van der Waals surface area (Å²) < 4.78 is 0. The van der Waals surface area contributed by atoms with Crippen molar-refractivity contribution in [2.75, 3.05) is 5.32 Å². The summed E-state index contributed by atoms with van der Waals surface area (Å²) in [5, 5.41) is 6.26. The molecule has 0 atom stereocenters. The van der Waals surface area contributed by atoms with Gasteiger partial charge in [0.05, 0.1) is 11.0 Å². The number of amides is 2. The molecule has 2 fully saturated rings. The molecule has 0 radical (unpaired) electrons.